The van der Waals surface area contributed by atoms with Gasteiger partial charge in [0.05, 0.1) is 17.6 Å². The highest BCUT2D eigenvalue weighted by atomic mass is 35.5. The zero-order valence-electron chi connectivity index (χ0n) is 9.98. The van der Waals surface area contributed by atoms with Gasteiger partial charge in [-0.25, -0.2) is 4.79 Å². The Bertz CT molecular complexity index is 612. The largest absolute Gasteiger partial charge is 0.467 e. The number of pyridine rings is 1. The van der Waals surface area contributed by atoms with Crippen LogP contribution >= 0.6 is 11.6 Å². The standard InChI is InChI=1S/C13H12ClNO3/c1-7-10(12(16)13(17)18-2)11(14)8-5-3-4-6-9(8)15-7/h3-6,12,16H,1-2H3. The normalized spacial score (nSPS) is 12.4. The maximum atomic E-state index is 11.4. The molecule has 1 aromatic heterocycles. The molecule has 1 N–H and O–H groups in total. The molecule has 1 atom stereocenters. The molecule has 0 aliphatic carbocycles. The summed E-state index contributed by atoms with van der Waals surface area (Å²) in [5.41, 5.74) is 1.53. The predicted molar refractivity (Wildman–Crippen MR) is 68.5 cm³/mol. The number of rotatable bonds is 2. The molecule has 0 aliphatic heterocycles. The average Bonchev–Trinajstić information content (AvgIpc) is 2.37. The Balaban J connectivity index is 2.67. The molecule has 0 saturated carbocycles. The number of aliphatic hydroxyl groups is 1. The summed E-state index contributed by atoms with van der Waals surface area (Å²) in [6, 6.07) is 7.28. The molecule has 5 heteroatoms. The molecule has 0 fully saturated rings. The van der Waals surface area contributed by atoms with Crippen molar-refractivity contribution in [1.82, 2.24) is 4.98 Å². The lowest BCUT2D eigenvalue weighted by molar-refractivity contribution is -0.150. The number of carbonyl (C=O) groups excluding carboxylic acids is 1. The number of ether oxygens (including phenoxy) is 1. The van der Waals surface area contributed by atoms with E-state index in [1.165, 1.54) is 7.11 Å². The van der Waals surface area contributed by atoms with Crippen molar-refractivity contribution in [3.05, 3.63) is 40.5 Å². The number of aliphatic hydroxyl groups excluding tert-OH is 1. The number of benzene rings is 1. The Kier molecular flexibility index (Phi) is 3.50. The van der Waals surface area contributed by atoms with E-state index >= 15 is 0 Å². The van der Waals surface area contributed by atoms with E-state index in [0.717, 1.165) is 5.52 Å². The van der Waals surface area contributed by atoms with Gasteiger partial charge in [0, 0.05) is 16.6 Å². The number of carbonyl (C=O) groups is 1. The topological polar surface area (TPSA) is 59.4 Å². The maximum absolute atomic E-state index is 11.4. The van der Waals surface area contributed by atoms with Crippen LogP contribution in [-0.4, -0.2) is 23.2 Å². The van der Waals surface area contributed by atoms with Crippen LogP contribution in [0, 0.1) is 6.92 Å². The summed E-state index contributed by atoms with van der Waals surface area (Å²) in [6.07, 6.45) is -1.42. The third-order valence-corrected chi connectivity index (χ3v) is 3.16. The van der Waals surface area contributed by atoms with E-state index < -0.39 is 12.1 Å². The summed E-state index contributed by atoms with van der Waals surface area (Å²) in [4.78, 5) is 15.7. The van der Waals surface area contributed by atoms with E-state index in [9.17, 15) is 9.90 Å². The Morgan fingerprint density at radius 1 is 1.44 bits per heavy atom. The molecule has 1 aromatic carbocycles. The van der Waals surface area contributed by atoms with Crippen LogP contribution in [0.5, 0.6) is 0 Å². The van der Waals surface area contributed by atoms with Gasteiger partial charge >= 0.3 is 5.97 Å². The summed E-state index contributed by atoms with van der Waals surface area (Å²) >= 11 is 6.23. The van der Waals surface area contributed by atoms with Crippen LogP contribution in [0.3, 0.4) is 0 Å². The highest BCUT2D eigenvalue weighted by Crippen LogP contribution is 2.32. The molecule has 4 nitrogen and oxygen atoms in total. The fourth-order valence-electron chi connectivity index (χ4n) is 1.85. The first-order chi connectivity index (χ1) is 8.56. The molecule has 94 valence electrons. The number of hydrogen-bond donors (Lipinski definition) is 1. The van der Waals surface area contributed by atoms with Gasteiger partial charge in [0.2, 0.25) is 0 Å². The molecular weight excluding hydrogens is 254 g/mol. The van der Waals surface area contributed by atoms with Gasteiger partial charge in [-0.15, -0.1) is 0 Å². The van der Waals surface area contributed by atoms with E-state index in [1.54, 1.807) is 13.0 Å². The quantitative estimate of drug-likeness (QED) is 0.847. The Hall–Kier alpha value is -1.65. The third-order valence-electron chi connectivity index (χ3n) is 2.75. The van der Waals surface area contributed by atoms with Gasteiger partial charge in [0.25, 0.3) is 0 Å². The van der Waals surface area contributed by atoms with Gasteiger partial charge in [-0.05, 0) is 13.0 Å². The van der Waals surface area contributed by atoms with E-state index in [2.05, 4.69) is 9.72 Å². The van der Waals surface area contributed by atoms with Crippen molar-refractivity contribution in [2.75, 3.05) is 7.11 Å². The lowest BCUT2D eigenvalue weighted by Gasteiger charge is -2.14. The summed E-state index contributed by atoms with van der Waals surface area (Å²) in [5, 5.41) is 10.9. The first-order valence-electron chi connectivity index (χ1n) is 5.37. The van der Waals surface area contributed by atoms with Crippen LogP contribution in [0.25, 0.3) is 10.9 Å². The van der Waals surface area contributed by atoms with Crippen molar-refractivity contribution in [3.63, 3.8) is 0 Å². The minimum Gasteiger partial charge on any atom is -0.467 e. The van der Waals surface area contributed by atoms with Crippen molar-refractivity contribution in [2.45, 2.75) is 13.0 Å². The molecule has 0 spiro atoms. The number of para-hydroxylation sites is 1. The van der Waals surface area contributed by atoms with Gasteiger partial charge in [-0.1, -0.05) is 29.8 Å². The van der Waals surface area contributed by atoms with Gasteiger partial charge in [-0.2, -0.15) is 0 Å². The van der Waals surface area contributed by atoms with Crippen molar-refractivity contribution < 1.29 is 14.6 Å². The lowest BCUT2D eigenvalue weighted by Crippen LogP contribution is -2.16. The first-order valence-corrected chi connectivity index (χ1v) is 5.74. The van der Waals surface area contributed by atoms with E-state index in [-0.39, 0.29) is 0 Å². The van der Waals surface area contributed by atoms with Crippen LogP contribution in [0.2, 0.25) is 5.02 Å². The van der Waals surface area contributed by atoms with E-state index in [0.29, 0.717) is 21.7 Å². The lowest BCUT2D eigenvalue weighted by atomic mass is 10.0. The minimum absolute atomic E-state index is 0.294. The summed E-state index contributed by atoms with van der Waals surface area (Å²) in [6.45, 7) is 1.69. The molecule has 1 unspecified atom stereocenters. The number of halogens is 1. The monoisotopic (exact) mass is 265 g/mol. The number of nitrogens with zero attached hydrogens (tertiary/aromatic N) is 1. The van der Waals surface area contributed by atoms with E-state index in [1.807, 2.05) is 18.2 Å². The number of hydrogen-bond acceptors (Lipinski definition) is 4. The molecule has 0 saturated heterocycles. The molecule has 0 bridgehead atoms. The van der Waals surface area contributed by atoms with Gasteiger partial charge in [-0.3, -0.25) is 4.98 Å². The highest BCUT2D eigenvalue weighted by molar-refractivity contribution is 6.36. The van der Waals surface area contributed by atoms with Crippen LogP contribution in [-0.2, 0) is 9.53 Å². The van der Waals surface area contributed by atoms with Crippen molar-refractivity contribution in [2.24, 2.45) is 0 Å². The van der Waals surface area contributed by atoms with Gasteiger partial charge in [0.1, 0.15) is 0 Å². The van der Waals surface area contributed by atoms with Crippen LogP contribution in [0.4, 0.5) is 0 Å². The zero-order chi connectivity index (χ0) is 13.3. The minimum atomic E-state index is -1.42. The number of aryl methyl sites for hydroxylation is 1. The van der Waals surface area contributed by atoms with Crippen LogP contribution < -0.4 is 0 Å². The predicted octanol–water partition coefficient (Wildman–Crippen LogP) is 2.40. The SMILES string of the molecule is COC(=O)C(O)c1c(C)nc2ccccc2c1Cl. The third kappa shape index (κ3) is 2.05. The van der Waals surface area contributed by atoms with Crippen molar-refractivity contribution in [3.8, 4) is 0 Å². The number of fused-ring (bicyclic) bond motifs is 1. The molecule has 2 aromatic rings. The Morgan fingerprint density at radius 3 is 2.78 bits per heavy atom. The highest BCUT2D eigenvalue weighted by Gasteiger charge is 2.24. The van der Waals surface area contributed by atoms with Crippen molar-refractivity contribution >= 4 is 28.5 Å². The summed E-state index contributed by atoms with van der Waals surface area (Å²) < 4.78 is 4.51. The van der Waals surface area contributed by atoms with E-state index in [4.69, 9.17) is 11.6 Å². The van der Waals surface area contributed by atoms with Crippen LogP contribution in [0.1, 0.15) is 17.4 Å². The second-order valence-corrected chi connectivity index (χ2v) is 4.25. The Morgan fingerprint density at radius 2 is 2.11 bits per heavy atom. The fraction of sp³-hybridized carbons (Fsp3) is 0.231. The smallest absolute Gasteiger partial charge is 0.339 e. The number of aromatic nitrogens is 1. The van der Waals surface area contributed by atoms with Gasteiger partial charge < -0.3 is 9.84 Å². The second kappa shape index (κ2) is 4.92. The van der Waals surface area contributed by atoms with Crippen molar-refractivity contribution in [1.29, 1.82) is 0 Å². The fourth-order valence-corrected chi connectivity index (χ4v) is 2.25. The molecule has 0 radical (unpaired) electrons. The molecular formula is C13H12ClNO3. The molecule has 0 aliphatic rings. The molecule has 0 amide bonds. The molecule has 1 heterocycles. The molecule has 18 heavy (non-hydrogen) atoms. The van der Waals surface area contributed by atoms with Crippen LogP contribution in [0.15, 0.2) is 24.3 Å². The van der Waals surface area contributed by atoms with Gasteiger partial charge in [0.15, 0.2) is 6.10 Å². The summed E-state index contributed by atoms with van der Waals surface area (Å²) in [7, 11) is 1.21. The summed E-state index contributed by atoms with van der Waals surface area (Å²) in [5.74, 6) is -0.753. The zero-order valence-corrected chi connectivity index (χ0v) is 10.7. The average molecular weight is 266 g/mol. The maximum Gasteiger partial charge on any atom is 0.339 e. The molecule has 2 rings (SSSR count). The number of methoxy groups -OCH3 is 1. The Labute approximate surface area is 109 Å². The second-order valence-electron chi connectivity index (χ2n) is 3.87. The number of esters is 1. The first kappa shape index (κ1) is 12.8.